The molecule has 0 fully saturated rings. The van der Waals surface area contributed by atoms with Crippen LogP contribution in [-0.4, -0.2) is 4.57 Å². The fourth-order valence-electron chi connectivity index (χ4n) is 1.65. The minimum atomic E-state index is 0.573. The lowest BCUT2D eigenvalue weighted by molar-refractivity contribution is 0.686. The molecule has 1 aromatic heterocycles. The summed E-state index contributed by atoms with van der Waals surface area (Å²) in [6.07, 6.45) is 1.05. The average molecular weight is 304 g/mol. The van der Waals surface area contributed by atoms with Gasteiger partial charge in [-0.25, -0.2) is 0 Å². The van der Waals surface area contributed by atoms with E-state index >= 15 is 0 Å². The maximum atomic E-state index is 6.04. The van der Waals surface area contributed by atoms with Crippen LogP contribution in [0.25, 0.3) is 11.3 Å². The van der Waals surface area contributed by atoms with E-state index in [0.29, 0.717) is 10.0 Å². The second-order valence-corrected chi connectivity index (χ2v) is 5.98. The van der Waals surface area contributed by atoms with Crippen molar-refractivity contribution in [3.63, 3.8) is 0 Å². The molecule has 0 radical (unpaired) electrons. The summed E-state index contributed by atoms with van der Waals surface area (Å²) in [7, 11) is 0. The lowest BCUT2D eigenvalue weighted by atomic mass is 10.2. The summed E-state index contributed by atoms with van der Waals surface area (Å²) in [5.41, 5.74) is 2.17. The van der Waals surface area contributed by atoms with Crippen molar-refractivity contribution in [1.29, 1.82) is 0 Å². The summed E-state index contributed by atoms with van der Waals surface area (Å²) in [5, 5.41) is 3.22. The van der Waals surface area contributed by atoms with Gasteiger partial charge in [0.05, 0.1) is 15.7 Å². The van der Waals surface area contributed by atoms with Gasteiger partial charge in [0.15, 0.2) is 3.95 Å². The van der Waals surface area contributed by atoms with Gasteiger partial charge in [-0.2, -0.15) is 0 Å². The van der Waals surface area contributed by atoms with E-state index in [1.165, 1.54) is 0 Å². The molecule has 1 aromatic carbocycles. The SMILES string of the molecule is CCCn1c(-c2ccc(Cl)c(Cl)c2)csc1=S. The lowest BCUT2D eigenvalue weighted by Gasteiger charge is -2.08. The molecular weight excluding hydrogens is 293 g/mol. The zero-order valence-electron chi connectivity index (χ0n) is 9.24. The molecule has 0 spiro atoms. The largest absolute Gasteiger partial charge is 0.323 e. The first-order chi connectivity index (χ1) is 8.13. The molecule has 0 aliphatic heterocycles. The molecule has 0 aliphatic rings. The van der Waals surface area contributed by atoms with E-state index < -0.39 is 0 Å². The van der Waals surface area contributed by atoms with Crippen LogP contribution in [0.3, 0.4) is 0 Å². The van der Waals surface area contributed by atoms with Crippen LogP contribution in [0.1, 0.15) is 13.3 Å². The van der Waals surface area contributed by atoms with Crippen LogP contribution in [0.2, 0.25) is 10.0 Å². The van der Waals surface area contributed by atoms with Gasteiger partial charge in [0.2, 0.25) is 0 Å². The van der Waals surface area contributed by atoms with Crippen LogP contribution in [0.4, 0.5) is 0 Å². The van der Waals surface area contributed by atoms with Crippen molar-refractivity contribution >= 4 is 46.8 Å². The smallest absolute Gasteiger partial charge is 0.161 e. The quantitative estimate of drug-likeness (QED) is 0.662. The van der Waals surface area contributed by atoms with Crippen LogP contribution in [-0.2, 0) is 6.54 Å². The Bertz CT molecular complexity index is 586. The van der Waals surface area contributed by atoms with Gasteiger partial charge in [-0.3, -0.25) is 0 Å². The van der Waals surface area contributed by atoms with Gasteiger partial charge in [-0.05, 0) is 30.8 Å². The van der Waals surface area contributed by atoms with E-state index in [4.69, 9.17) is 35.4 Å². The molecule has 0 amide bonds. The van der Waals surface area contributed by atoms with Crippen molar-refractivity contribution in [2.45, 2.75) is 19.9 Å². The molecule has 0 N–H and O–H groups in total. The van der Waals surface area contributed by atoms with Crippen molar-refractivity contribution in [3.8, 4) is 11.3 Å². The molecule has 0 saturated carbocycles. The molecule has 0 saturated heterocycles. The minimum absolute atomic E-state index is 0.573. The second kappa shape index (κ2) is 5.53. The van der Waals surface area contributed by atoms with Crippen molar-refractivity contribution in [2.75, 3.05) is 0 Å². The van der Waals surface area contributed by atoms with Crippen LogP contribution in [0.15, 0.2) is 23.6 Å². The standard InChI is InChI=1S/C12H11Cl2NS2/c1-2-5-15-11(7-17-12(15)16)8-3-4-9(13)10(14)6-8/h3-4,6-7H,2,5H2,1H3. The highest BCUT2D eigenvalue weighted by atomic mass is 35.5. The summed E-state index contributed by atoms with van der Waals surface area (Å²) < 4.78 is 3.03. The second-order valence-electron chi connectivity index (χ2n) is 3.67. The number of benzene rings is 1. The number of rotatable bonds is 3. The van der Waals surface area contributed by atoms with E-state index in [-0.39, 0.29) is 0 Å². The van der Waals surface area contributed by atoms with Crippen LogP contribution < -0.4 is 0 Å². The van der Waals surface area contributed by atoms with E-state index in [1.54, 1.807) is 11.3 Å². The Hall–Kier alpha value is -0.350. The first kappa shape index (κ1) is 13.1. The van der Waals surface area contributed by atoms with Crippen molar-refractivity contribution < 1.29 is 0 Å². The van der Waals surface area contributed by atoms with Crippen molar-refractivity contribution in [1.82, 2.24) is 4.57 Å². The van der Waals surface area contributed by atoms with E-state index in [0.717, 1.165) is 28.2 Å². The minimum Gasteiger partial charge on any atom is -0.323 e. The highest BCUT2D eigenvalue weighted by Crippen LogP contribution is 2.30. The zero-order valence-corrected chi connectivity index (χ0v) is 12.4. The van der Waals surface area contributed by atoms with Crippen LogP contribution >= 0.6 is 46.8 Å². The summed E-state index contributed by atoms with van der Waals surface area (Å²) >= 11 is 18.9. The molecule has 2 aromatic rings. The molecule has 0 unspecified atom stereocenters. The molecule has 0 atom stereocenters. The highest BCUT2D eigenvalue weighted by molar-refractivity contribution is 7.73. The van der Waals surface area contributed by atoms with Gasteiger partial charge in [-0.15, -0.1) is 11.3 Å². The molecule has 90 valence electrons. The Morgan fingerprint density at radius 3 is 2.71 bits per heavy atom. The van der Waals surface area contributed by atoms with Gasteiger partial charge in [-0.1, -0.05) is 36.2 Å². The molecule has 5 heteroatoms. The van der Waals surface area contributed by atoms with Gasteiger partial charge in [0.1, 0.15) is 0 Å². The summed E-state index contributed by atoms with van der Waals surface area (Å²) in [5.74, 6) is 0. The Morgan fingerprint density at radius 2 is 2.06 bits per heavy atom. The normalized spacial score (nSPS) is 10.8. The maximum absolute atomic E-state index is 6.04. The third-order valence-electron chi connectivity index (χ3n) is 2.45. The summed E-state index contributed by atoms with van der Waals surface area (Å²) in [6.45, 7) is 3.07. The van der Waals surface area contributed by atoms with Gasteiger partial charge in [0.25, 0.3) is 0 Å². The third-order valence-corrected chi connectivity index (χ3v) is 4.46. The van der Waals surface area contributed by atoms with E-state index in [1.807, 2.05) is 18.2 Å². The topological polar surface area (TPSA) is 4.93 Å². The first-order valence-electron chi connectivity index (χ1n) is 5.27. The number of nitrogens with zero attached hydrogens (tertiary/aromatic N) is 1. The number of halogens is 2. The Kier molecular flexibility index (Phi) is 4.26. The first-order valence-corrected chi connectivity index (χ1v) is 7.31. The molecule has 0 bridgehead atoms. The predicted octanol–water partition coefficient (Wildman–Crippen LogP) is 5.66. The molecule has 2 rings (SSSR count). The number of hydrogen-bond acceptors (Lipinski definition) is 2. The van der Waals surface area contributed by atoms with Crippen LogP contribution in [0.5, 0.6) is 0 Å². The molecule has 1 heterocycles. The van der Waals surface area contributed by atoms with Gasteiger partial charge < -0.3 is 4.57 Å². The number of hydrogen-bond donors (Lipinski definition) is 0. The summed E-state index contributed by atoms with van der Waals surface area (Å²) in [6, 6.07) is 5.67. The van der Waals surface area contributed by atoms with Crippen molar-refractivity contribution in [3.05, 3.63) is 37.6 Å². The number of thiazole rings is 1. The Balaban J connectivity index is 2.52. The van der Waals surface area contributed by atoms with Crippen molar-refractivity contribution in [2.24, 2.45) is 0 Å². The fraction of sp³-hybridized carbons (Fsp3) is 0.250. The average Bonchev–Trinajstić information content (AvgIpc) is 2.66. The monoisotopic (exact) mass is 303 g/mol. The molecule has 0 aliphatic carbocycles. The Labute approximate surface area is 120 Å². The molecule has 17 heavy (non-hydrogen) atoms. The Morgan fingerprint density at radius 1 is 1.29 bits per heavy atom. The van der Waals surface area contributed by atoms with E-state index in [2.05, 4.69) is 16.9 Å². The zero-order chi connectivity index (χ0) is 12.4. The molecular formula is C12H11Cl2NS2. The van der Waals surface area contributed by atoms with Gasteiger partial charge in [0, 0.05) is 17.5 Å². The highest BCUT2D eigenvalue weighted by Gasteiger charge is 2.08. The third kappa shape index (κ3) is 2.74. The van der Waals surface area contributed by atoms with Gasteiger partial charge >= 0.3 is 0 Å². The van der Waals surface area contributed by atoms with E-state index in [9.17, 15) is 0 Å². The van der Waals surface area contributed by atoms with Crippen LogP contribution in [0, 0.1) is 3.95 Å². The summed E-state index contributed by atoms with van der Waals surface area (Å²) in [4.78, 5) is 0. The predicted molar refractivity (Wildman–Crippen MR) is 78.9 cm³/mol. The maximum Gasteiger partial charge on any atom is 0.161 e. The molecule has 1 nitrogen and oxygen atoms in total. The lowest BCUT2D eigenvalue weighted by Crippen LogP contribution is -1.98. The fourth-order valence-corrected chi connectivity index (χ4v) is 3.07. The number of aromatic nitrogens is 1.